The fraction of sp³-hybridized carbons (Fsp3) is 0.500. The summed E-state index contributed by atoms with van der Waals surface area (Å²) in [6.45, 7) is 0.288. The number of aromatic nitrogens is 7. The molecule has 2 fully saturated rings. The van der Waals surface area contributed by atoms with Gasteiger partial charge in [0.1, 0.15) is 17.3 Å². The van der Waals surface area contributed by atoms with Crippen LogP contribution >= 0.6 is 0 Å². The smallest absolute Gasteiger partial charge is 0.382 e. The number of alkyl halides is 5. The molecule has 4 aromatic rings. The highest BCUT2D eigenvalue weighted by Crippen LogP contribution is 2.37. The third-order valence-corrected chi connectivity index (χ3v) is 10.5. The van der Waals surface area contributed by atoms with Gasteiger partial charge in [-0.3, -0.25) is 4.68 Å². The lowest BCUT2D eigenvalue weighted by molar-refractivity contribution is -0.143. The van der Waals surface area contributed by atoms with Crippen molar-refractivity contribution in [1.82, 2.24) is 38.8 Å². The zero-order valence-corrected chi connectivity index (χ0v) is 27.0. The maximum atomic E-state index is 13.6. The van der Waals surface area contributed by atoms with Gasteiger partial charge in [0.25, 0.3) is 16.4 Å². The SMILES string of the molecule is CN(CC(F)F)CC1CCC(Nc2cc(Nc3ccnc(-c4cnn(S(=O)(=O)C5CC5)c4)n3)ncc2-c2cc(C(F)(F)F)n(C)n2)CC1. The molecule has 0 atom stereocenters. The van der Waals surface area contributed by atoms with Gasteiger partial charge in [0.05, 0.1) is 35.4 Å². The fourth-order valence-electron chi connectivity index (χ4n) is 5.95. The van der Waals surface area contributed by atoms with Gasteiger partial charge < -0.3 is 15.5 Å². The molecule has 6 rings (SSSR count). The van der Waals surface area contributed by atoms with Crippen molar-refractivity contribution in [3.63, 3.8) is 0 Å². The van der Waals surface area contributed by atoms with Crippen LogP contribution in [0.3, 0.4) is 0 Å². The van der Waals surface area contributed by atoms with E-state index in [9.17, 15) is 30.4 Å². The molecule has 0 spiro atoms. The summed E-state index contributed by atoms with van der Waals surface area (Å²) >= 11 is 0. The van der Waals surface area contributed by atoms with Gasteiger partial charge in [-0.2, -0.15) is 27.5 Å². The summed E-state index contributed by atoms with van der Waals surface area (Å²) < 4.78 is 93.3. The Morgan fingerprint density at radius 1 is 1.04 bits per heavy atom. The number of hydrogen-bond donors (Lipinski definition) is 2. The topological polar surface area (TPSA) is 136 Å². The molecule has 12 nitrogen and oxygen atoms in total. The molecule has 2 aliphatic carbocycles. The van der Waals surface area contributed by atoms with E-state index in [1.54, 1.807) is 24.1 Å². The van der Waals surface area contributed by atoms with E-state index in [1.807, 2.05) is 0 Å². The van der Waals surface area contributed by atoms with E-state index in [2.05, 4.69) is 35.8 Å². The van der Waals surface area contributed by atoms with Crippen LogP contribution in [-0.4, -0.2) is 85.1 Å². The summed E-state index contributed by atoms with van der Waals surface area (Å²) in [5.74, 6) is 1.18. The first-order valence-corrected chi connectivity index (χ1v) is 17.0. The van der Waals surface area contributed by atoms with Crippen molar-refractivity contribution < 1.29 is 30.4 Å². The lowest BCUT2D eigenvalue weighted by Crippen LogP contribution is -2.34. The van der Waals surface area contributed by atoms with Crippen molar-refractivity contribution in [2.75, 3.05) is 30.8 Å². The summed E-state index contributed by atoms with van der Waals surface area (Å²) in [4.78, 5) is 14.8. The molecule has 2 saturated carbocycles. The van der Waals surface area contributed by atoms with Gasteiger partial charge in [0.2, 0.25) is 0 Å². The van der Waals surface area contributed by atoms with E-state index in [1.165, 1.54) is 31.8 Å². The molecule has 4 aromatic heterocycles. The van der Waals surface area contributed by atoms with Crippen LogP contribution < -0.4 is 10.6 Å². The van der Waals surface area contributed by atoms with Crippen LogP contribution in [0.15, 0.2) is 43.0 Å². The molecule has 0 amide bonds. The summed E-state index contributed by atoms with van der Waals surface area (Å²) in [6, 6.07) is 4.22. The number of aryl methyl sites for hydroxylation is 1. The van der Waals surface area contributed by atoms with Crippen molar-refractivity contribution in [3.05, 3.63) is 48.7 Å². The van der Waals surface area contributed by atoms with E-state index >= 15 is 0 Å². The van der Waals surface area contributed by atoms with Crippen LogP contribution in [0.5, 0.6) is 0 Å². The number of halogens is 5. The van der Waals surface area contributed by atoms with Crippen LogP contribution in [0.2, 0.25) is 0 Å². The van der Waals surface area contributed by atoms with Gasteiger partial charge in [-0.15, -0.1) is 0 Å². The minimum atomic E-state index is -4.60. The van der Waals surface area contributed by atoms with Crippen LogP contribution in [0, 0.1) is 5.92 Å². The maximum absolute atomic E-state index is 13.6. The van der Waals surface area contributed by atoms with Crippen molar-refractivity contribution in [3.8, 4) is 22.6 Å². The van der Waals surface area contributed by atoms with E-state index in [0.717, 1.165) is 40.5 Å². The van der Waals surface area contributed by atoms with Crippen molar-refractivity contribution in [2.24, 2.45) is 13.0 Å². The molecule has 258 valence electrons. The first-order valence-electron chi connectivity index (χ1n) is 15.5. The fourth-order valence-corrected chi connectivity index (χ4v) is 7.42. The minimum absolute atomic E-state index is 0.0180. The highest BCUT2D eigenvalue weighted by Gasteiger charge is 2.38. The number of pyridine rings is 1. The molecule has 0 bridgehead atoms. The molecule has 0 saturated heterocycles. The van der Waals surface area contributed by atoms with E-state index in [4.69, 9.17) is 0 Å². The summed E-state index contributed by atoms with van der Waals surface area (Å²) in [5, 5.41) is 14.3. The third kappa shape index (κ3) is 7.75. The zero-order chi connectivity index (χ0) is 34.2. The zero-order valence-electron chi connectivity index (χ0n) is 26.2. The summed E-state index contributed by atoms with van der Waals surface area (Å²) in [6.07, 6.45) is 2.99. The first-order chi connectivity index (χ1) is 22.8. The third-order valence-electron chi connectivity index (χ3n) is 8.51. The molecule has 2 aliphatic rings. The molecule has 4 heterocycles. The molecule has 48 heavy (non-hydrogen) atoms. The number of hydrogen-bond acceptors (Lipinski definition) is 10. The van der Waals surface area contributed by atoms with Gasteiger partial charge in [0, 0.05) is 49.3 Å². The van der Waals surface area contributed by atoms with Gasteiger partial charge in [-0.25, -0.2) is 32.2 Å². The monoisotopic (exact) mass is 694 g/mol. The average molecular weight is 695 g/mol. The maximum Gasteiger partial charge on any atom is 0.433 e. The molecular weight excluding hydrogens is 659 g/mol. The number of nitrogens with one attached hydrogen (secondary N) is 2. The van der Waals surface area contributed by atoms with Crippen molar-refractivity contribution in [1.29, 1.82) is 0 Å². The normalized spacial score (nSPS) is 18.9. The Morgan fingerprint density at radius 3 is 2.46 bits per heavy atom. The highest BCUT2D eigenvalue weighted by molar-refractivity contribution is 7.90. The summed E-state index contributed by atoms with van der Waals surface area (Å²) in [7, 11) is -0.646. The molecule has 0 radical (unpaired) electrons. The Labute approximate surface area is 273 Å². The first kappa shape index (κ1) is 33.7. The highest BCUT2D eigenvalue weighted by atomic mass is 32.2. The van der Waals surface area contributed by atoms with Crippen LogP contribution in [0.4, 0.5) is 39.3 Å². The van der Waals surface area contributed by atoms with Gasteiger partial charge >= 0.3 is 6.18 Å². The lowest BCUT2D eigenvalue weighted by Gasteiger charge is -2.32. The molecular formula is C30H35F5N10O2S. The second kappa shape index (κ2) is 13.4. The summed E-state index contributed by atoms with van der Waals surface area (Å²) in [5.41, 5.74) is 0.480. The molecule has 0 unspecified atom stereocenters. The van der Waals surface area contributed by atoms with Gasteiger partial charge in [0.15, 0.2) is 5.82 Å². The number of rotatable bonds is 12. The van der Waals surface area contributed by atoms with Crippen molar-refractivity contribution >= 4 is 27.3 Å². The van der Waals surface area contributed by atoms with Gasteiger partial charge in [-0.1, -0.05) is 0 Å². The van der Waals surface area contributed by atoms with Crippen molar-refractivity contribution in [2.45, 2.75) is 62.4 Å². The Kier molecular flexibility index (Phi) is 9.39. The van der Waals surface area contributed by atoms with Crippen LogP contribution in [0.1, 0.15) is 44.2 Å². The van der Waals surface area contributed by atoms with E-state index in [-0.39, 0.29) is 30.0 Å². The van der Waals surface area contributed by atoms with Crippen LogP contribution in [0.25, 0.3) is 22.6 Å². The number of nitrogens with zero attached hydrogens (tertiary/aromatic N) is 8. The molecule has 18 heteroatoms. The second-order valence-corrected chi connectivity index (χ2v) is 14.4. The quantitative estimate of drug-likeness (QED) is 0.186. The van der Waals surface area contributed by atoms with E-state index in [0.29, 0.717) is 47.8 Å². The van der Waals surface area contributed by atoms with E-state index < -0.39 is 33.6 Å². The van der Waals surface area contributed by atoms with Crippen LogP contribution in [-0.2, 0) is 23.2 Å². The Bertz CT molecular complexity index is 1850. The molecule has 0 aromatic carbocycles. The Hall–Kier alpha value is -4.19. The largest absolute Gasteiger partial charge is 0.433 e. The predicted molar refractivity (Wildman–Crippen MR) is 168 cm³/mol. The average Bonchev–Trinajstić information content (AvgIpc) is 3.63. The standard InChI is InChI=1S/C30H35F5N10O2S/c1-43(17-26(31)32)15-18-3-5-20(6-4-18)39-23-12-28(37-14-22(23)24-11-25(30(33,34)35)44(2)42-24)40-27-9-10-36-29(41-27)19-13-38-45(16-19)48(46,47)21-7-8-21/h9-14,16,18,20-21,26H,3-8,15,17H2,1-2H3,(H2,36,37,39,40,41). The van der Waals surface area contributed by atoms with Gasteiger partial charge in [-0.05, 0) is 63.6 Å². The number of anilines is 3. The minimum Gasteiger partial charge on any atom is -0.382 e. The molecule has 0 aliphatic heterocycles. The molecule has 2 N–H and O–H groups in total. The predicted octanol–water partition coefficient (Wildman–Crippen LogP) is 5.41. The Balaban J connectivity index is 1.22. The Morgan fingerprint density at radius 2 is 1.79 bits per heavy atom. The lowest BCUT2D eigenvalue weighted by atomic mass is 9.85. The second-order valence-electron chi connectivity index (χ2n) is 12.4.